The Morgan fingerprint density at radius 1 is 1.21 bits per heavy atom. The molecular weight excluding hydrogens is 246 g/mol. The molecule has 0 aromatic heterocycles. The van der Waals surface area contributed by atoms with Gasteiger partial charge in [0.25, 0.3) is 0 Å². The molecule has 2 atom stereocenters. The van der Waals surface area contributed by atoms with Crippen LogP contribution >= 0.6 is 0 Å². The predicted octanol–water partition coefficient (Wildman–Crippen LogP) is 0.0319. The summed E-state index contributed by atoms with van der Waals surface area (Å²) in [6.45, 7) is 7.24. The Balaban J connectivity index is 3.69. The van der Waals surface area contributed by atoms with E-state index in [1.54, 1.807) is 14.0 Å². The van der Waals surface area contributed by atoms with Gasteiger partial charge in [-0.15, -0.1) is 0 Å². The molecule has 0 rings (SSSR count). The minimum absolute atomic E-state index is 0.00819. The lowest BCUT2D eigenvalue weighted by Gasteiger charge is -2.15. The highest BCUT2D eigenvalue weighted by atomic mass is 16.5. The Labute approximate surface area is 115 Å². The third-order valence-corrected chi connectivity index (χ3v) is 2.82. The predicted molar refractivity (Wildman–Crippen MR) is 74.9 cm³/mol. The van der Waals surface area contributed by atoms with Gasteiger partial charge in [0.05, 0.1) is 12.6 Å². The van der Waals surface area contributed by atoms with Crippen LogP contribution in [0.15, 0.2) is 0 Å². The van der Waals surface area contributed by atoms with Gasteiger partial charge >= 0.3 is 0 Å². The summed E-state index contributed by atoms with van der Waals surface area (Å²) >= 11 is 0. The molecule has 0 heterocycles. The highest BCUT2D eigenvalue weighted by Gasteiger charge is 2.12. The first-order chi connectivity index (χ1) is 9.01. The van der Waals surface area contributed by atoms with Crippen molar-refractivity contribution in [1.29, 1.82) is 0 Å². The zero-order chi connectivity index (χ0) is 14.7. The summed E-state index contributed by atoms with van der Waals surface area (Å²) in [5.41, 5.74) is 0. The minimum atomic E-state index is -0.312. The van der Waals surface area contributed by atoms with Crippen LogP contribution in [0.1, 0.15) is 33.6 Å². The maximum atomic E-state index is 11.6. The SMILES string of the molecule is CCC(C)NC(=O)CCNC(C)C(=O)NCCOC. The molecule has 6 nitrogen and oxygen atoms in total. The van der Waals surface area contributed by atoms with Gasteiger partial charge in [-0.2, -0.15) is 0 Å². The van der Waals surface area contributed by atoms with Gasteiger partial charge in [0.15, 0.2) is 0 Å². The molecule has 0 aromatic rings. The second-order valence-corrected chi connectivity index (χ2v) is 4.59. The van der Waals surface area contributed by atoms with Gasteiger partial charge in [-0.25, -0.2) is 0 Å². The quantitative estimate of drug-likeness (QED) is 0.491. The van der Waals surface area contributed by atoms with Crippen molar-refractivity contribution >= 4 is 11.8 Å². The molecule has 3 N–H and O–H groups in total. The molecule has 2 amide bonds. The van der Waals surface area contributed by atoms with E-state index in [1.165, 1.54) is 0 Å². The second-order valence-electron chi connectivity index (χ2n) is 4.59. The number of ether oxygens (including phenoxy) is 1. The van der Waals surface area contributed by atoms with E-state index in [1.807, 2.05) is 13.8 Å². The summed E-state index contributed by atoms with van der Waals surface area (Å²) < 4.78 is 4.84. The summed E-state index contributed by atoms with van der Waals surface area (Å²) in [4.78, 5) is 23.1. The standard InChI is InChI=1S/C13H27N3O3/c1-5-10(2)16-12(17)6-7-14-11(3)13(18)15-8-9-19-4/h10-11,14H,5-9H2,1-4H3,(H,15,18)(H,16,17). The lowest BCUT2D eigenvalue weighted by Crippen LogP contribution is -2.44. The Morgan fingerprint density at radius 3 is 2.47 bits per heavy atom. The van der Waals surface area contributed by atoms with E-state index in [4.69, 9.17) is 4.74 Å². The van der Waals surface area contributed by atoms with Gasteiger partial charge in [0, 0.05) is 32.7 Å². The maximum Gasteiger partial charge on any atom is 0.236 e. The average Bonchev–Trinajstić information content (AvgIpc) is 2.38. The molecule has 0 aliphatic carbocycles. The smallest absolute Gasteiger partial charge is 0.236 e. The Morgan fingerprint density at radius 2 is 1.89 bits per heavy atom. The van der Waals surface area contributed by atoms with Crippen molar-refractivity contribution in [2.24, 2.45) is 0 Å². The van der Waals surface area contributed by atoms with Crippen LogP contribution in [0.2, 0.25) is 0 Å². The Kier molecular flexibility index (Phi) is 10.1. The largest absolute Gasteiger partial charge is 0.383 e. The molecule has 0 bridgehead atoms. The number of rotatable bonds is 10. The summed E-state index contributed by atoms with van der Waals surface area (Å²) in [7, 11) is 1.59. The summed E-state index contributed by atoms with van der Waals surface area (Å²) in [5.74, 6) is -0.0757. The molecule has 2 unspecified atom stereocenters. The van der Waals surface area contributed by atoms with Gasteiger partial charge in [-0.1, -0.05) is 6.92 Å². The molecular formula is C13H27N3O3. The van der Waals surface area contributed by atoms with E-state index in [-0.39, 0.29) is 23.9 Å². The zero-order valence-electron chi connectivity index (χ0n) is 12.4. The van der Waals surface area contributed by atoms with Crippen LogP contribution < -0.4 is 16.0 Å². The maximum absolute atomic E-state index is 11.6. The number of amides is 2. The number of hydrogen-bond donors (Lipinski definition) is 3. The first-order valence-corrected chi connectivity index (χ1v) is 6.80. The highest BCUT2D eigenvalue weighted by Crippen LogP contribution is 1.90. The molecule has 19 heavy (non-hydrogen) atoms. The molecule has 0 spiro atoms. The third-order valence-electron chi connectivity index (χ3n) is 2.82. The van der Waals surface area contributed by atoms with E-state index in [0.29, 0.717) is 26.1 Å². The molecule has 0 saturated heterocycles. The van der Waals surface area contributed by atoms with E-state index < -0.39 is 0 Å². The average molecular weight is 273 g/mol. The number of hydrogen-bond acceptors (Lipinski definition) is 4. The van der Waals surface area contributed by atoms with Crippen molar-refractivity contribution < 1.29 is 14.3 Å². The Bertz CT molecular complexity index is 272. The van der Waals surface area contributed by atoms with Crippen LogP contribution in [-0.2, 0) is 14.3 Å². The number of nitrogens with one attached hydrogen (secondary N) is 3. The normalized spacial score (nSPS) is 13.7. The van der Waals surface area contributed by atoms with E-state index in [0.717, 1.165) is 6.42 Å². The lowest BCUT2D eigenvalue weighted by molar-refractivity contribution is -0.124. The molecule has 0 aromatic carbocycles. The van der Waals surface area contributed by atoms with Crippen LogP contribution in [0, 0.1) is 0 Å². The van der Waals surface area contributed by atoms with Gasteiger partial charge in [0.1, 0.15) is 0 Å². The molecule has 0 aliphatic rings. The van der Waals surface area contributed by atoms with Crippen molar-refractivity contribution in [2.75, 3.05) is 26.8 Å². The lowest BCUT2D eigenvalue weighted by atomic mass is 10.2. The fourth-order valence-electron chi connectivity index (χ4n) is 1.37. The van der Waals surface area contributed by atoms with Crippen molar-refractivity contribution in [1.82, 2.24) is 16.0 Å². The van der Waals surface area contributed by atoms with Gasteiger partial charge in [-0.3, -0.25) is 9.59 Å². The monoisotopic (exact) mass is 273 g/mol. The molecule has 0 saturated carbocycles. The van der Waals surface area contributed by atoms with Gasteiger partial charge in [0.2, 0.25) is 11.8 Å². The molecule has 112 valence electrons. The zero-order valence-corrected chi connectivity index (χ0v) is 12.4. The van der Waals surface area contributed by atoms with Crippen molar-refractivity contribution in [3.05, 3.63) is 0 Å². The second kappa shape index (κ2) is 10.8. The highest BCUT2D eigenvalue weighted by molar-refractivity contribution is 5.81. The first kappa shape index (κ1) is 17.9. The fraction of sp³-hybridized carbons (Fsp3) is 0.846. The van der Waals surface area contributed by atoms with Crippen LogP contribution in [0.5, 0.6) is 0 Å². The van der Waals surface area contributed by atoms with Gasteiger partial charge in [-0.05, 0) is 20.3 Å². The fourth-order valence-corrected chi connectivity index (χ4v) is 1.37. The van der Waals surface area contributed by atoms with Crippen molar-refractivity contribution in [3.63, 3.8) is 0 Å². The summed E-state index contributed by atoms with van der Waals surface area (Å²) in [6.07, 6.45) is 1.29. The molecule has 6 heteroatoms. The number of carbonyl (C=O) groups is 2. The Hall–Kier alpha value is -1.14. The van der Waals surface area contributed by atoms with Crippen LogP contribution in [0.25, 0.3) is 0 Å². The van der Waals surface area contributed by atoms with Crippen molar-refractivity contribution in [2.45, 2.75) is 45.7 Å². The van der Waals surface area contributed by atoms with Gasteiger partial charge < -0.3 is 20.7 Å². The number of methoxy groups -OCH3 is 1. The number of carbonyl (C=O) groups excluding carboxylic acids is 2. The summed E-state index contributed by atoms with van der Waals surface area (Å²) in [6, 6.07) is -0.115. The third kappa shape index (κ3) is 9.44. The molecule has 0 fully saturated rings. The first-order valence-electron chi connectivity index (χ1n) is 6.80. The van der Waals surface area contributed by atoms with Crippen molar-refractivity contribution in [3.8, 4) is 0 Å². The van der Waals surface area contributed by atoms with E-state index in [9.17, 15) is 9.59 Å². The minimum Gasteiger partial charge on any atom is -0.383 e. The molecule has 0 radical (unpaired) electrons. The van der Waals surface area contributed by atoms with E-state index in [2.05, 4.69) is 16.0 Å². The van der Waals surface area contributed by atoms with E-state index >= 15 is 0 Å². The van der Waals surface area contributed by atoms with Crippen LogP contribution in [0.4, 0.5) is 0 Å². The summed E-state index contributed by atoms with van der Waals surface area (Å²) in [5, 5.41) is 8.63. The van der Waals surface area contributed by atoms with Crippen LogP contribution in [-0.4, -0.2) is 50.7 Å². The molecule has 0 aliphatic heterocycles. The van der Waals surface area contributed by atoms with Crippen LogP contribution in [0.3, 0.4) is 0 Å². The topological polar surface area (TPSA) is 79.5 Å².